The van der Waals surface area contributed by atoms with Crippen LogP contribution in [0.4, 0.5) is 0 Å². The molecule has 0 aliphatic rings. The van der Waals surface area contributed by atoms with E-state index in [0.29, 0.717) is 21.7 Å². The van der Waals surface area contributed by atoms with Crippen molar-refractivity contribution in [2.24, 2.45) is 0 Å². The van der Waals surface area contributed by atoms with Crippen molar-refractivity contribution in [1.82, 2.24) is 0 Å². The number of rotatable bonds is 3. The Morgan fingerprint density at radius 2 is 1.22 bits per heavy atom. The fourth-order valence-corrected chi connectivity index (χ4v) is 2.97. The maximum Gasteiger partial charge on any atom is 0.142 e. The molecule has 0 spiro atoms. The Kier molecular flexibility index (Phi) is 3.99. The normalized spacial score (nSPS) is 11.4. The van der Waals surface area contributed by atoms with Gasteiger partial charge in [-0.25, -0.2) is 0 Å². The lowest BCUT2D eigenvalue weighted by molar-refractivity contribution is 0.125. The van der Waals surface area contributed by atoms with Crippen LogP contribution in [-0.4, -0.2) is 15.3 Å². The fraction of sp³-hybridized carbons (Fsp3) is 0.0526. The summed E-state index contributed by atoms with van der Waals surface area (Å²) >= 11 is 6.30. The molecule has 3 nitrogen and oxygen atoms in total. The molecule has 0 bridgehead atoms. The van der Waals surface area contributed by atoms with Crippen molar-refractivity contribution in [2.45, 2.75) is 5.60 Å². The summed E-state index contributed by atoms with van der Waals surface area (Å²) in [5.41, 5.74) is -0.221. The Morgan fingerprint density at radius 3 is 1.70 bits per heavy atom. The van der Waals surface area contributed by atoms with Crippen LogP contribution in [0.3, 0.4) is 0 Å². The van der Waals surface area contributed by atoms with Gasteiger partial charge in [0.2, 0.25) is 0 Å². The van der Waals surface area contributed by atoms with E-state index >= 15 is 0 Å². The van der Waals surface area contributed by atoms with E-state index in [-0.39, 0.29) is 11.5 Å². The molecule has 3 N–H and O–H groups in total. The van der Waals surface area contributed by atoms with Crippen LogP contribution in [0.5, 0.6) is 11.5 Å². The molecule has 4 heteroatoms. The lowest BCUT2D eigenvalue weighted by Gasteiger charge is -2.31. The average molecular weight is 327 g/mol. The van der Waals surface area contributed by atoms with Crippen molar-refractivity contribution in [1.29, 1.82) is 0 Å². The zero-order chi connectivity index (χ0) is 16.4. The molecular weight excluding hydrogens is 312 g/mol. The van der Waals surface area contributed by atoms with Gasteiger partial charge in [-0.2, -0.15) is 0 Å². The fourth-order valence-electron chi connectivity index (χ4n) is 2.69. The van der Waals surface area contributed by atoms with Crippen molar-refractivity contribution in [3.8, 4) is 11.5 Å². The molecule has 0 saturated carbocycles. The summed E-state index contributed by atoms with van der Waals surface area (Å²) in [6.45, 7) is 0. The van der Waals surface area contributed by atoms with E-state index in [9.17, 15) is 15.3 Å². The standard InChI is InChI=1S/C19H15ClO3/c20-18-10-2-1-9-17(18)19(23,13-5-3-7-15(21)11-13)14-6-4-8-16(22)12-14/h1-12,21-23H. The molecular formula is C19H15ClO3. The third-order valence-electron chi connectivity index (χ3n) is 3.79. The minimum absolute atomic E-state index is 0.0353. The van der Waals surface area contributed by atoms with E-state index in [0.717, 1.165) is 0 Å². The number of hydrogen-bond acceptors (Lipinski definition) is 3. The zero-order valence-electron chi connectivity index (χ0n) is 12.1. The SMILES string of the molecule is Oc1cccc(C(O)(c2cccc(O)c2)c2ccccc2Cl)c1. The second kappa shape index (κ2) is 5.95. The molecule has 0 fully saturated rings. The highest BCUT2D eigenvalue weighted by Crippen LogP contribution is 2.41. The number of benzene rings is 3. The van der Waals surface area contributed by atoms with Gasteiger partial charge in [-0.05, 0) is 41.5 Å². The summed E-state index contributed by atoms with van der Waals surface area (Å²) in [5, 5.41) is 31.5. The number of aliphatic hydroxyl groups is 1. The Labute approximate surface area is 139 Å². The van der Waals surface area contributed by atoms with Crippen molar-refractivity contribution < 1.29 is 15.3 Å². The van der Waals surface area contributed by atoms with Gasteiger partial charge in [0, 0.05) is 10.6 Å². The Hall–Kier alpha value is -2.49. The first-order valence-corrected chi connectivity index (χ1v) is 7.46. The van der Waals surface area contributed by atoms with Crippen LogP contribution in [0.2, 0.25) is 5.02 Å². The van der Waals surface area contributed by atoms with E-state index < -0.39 is 5.60 Å². The van der Waals surface area contributed by atoms with E-state index in [1.807, 2.05) is 0 Å². The summed E-state index contributed by atoms with van der Waals surface area (Å²) in [6, 6.07) is 19.7. The van der Waals surface area contributed by atoms with Crippen LogP contribution < -0.4 is 0 Å². The third-order valence-corrected chi connectivity index (χ3v) is 4.12. The van der Waals surface area contributed by atoms with Crippen molar-refractivity contribution in [3.05, 3.63) is 94.5 Å². The largest absolute Gasteiger partial charge is 0.508 e. The number of aromatic hydroxyl groups is 2. The number of halogens is 1. The second-order valence-electron chi connectivity index (χ2n) is 5.29. The summed E-state index contributed by atoms with van der Waals surface area (Å²) in [6.07, 6.45) is 0. The van der Waals surface area contributed by atoms with Crippen molar-refractivity contribution in [2.75, 3.05) is 0 Å². The van der Waals surface area contributed by atoms with E-state index in [4.69, 9.17) is 11.6 Å². The Bertz CT molecular complexity index is 800. The smallest absolute Gasteiger partial charge is 0.142 e. The molecule has 0 aromatic heterocycles. The van der Waals surface area contributed by atoms with Gasteiger partial charge in [0.25, 0.3) is 0 Å². The molecule has 0 heterocycles. The molecule has 0 atom stereocenters. The lowest BCUT2D eigenvalue weighted by Crippen LogP contribution is -2.29. The monoisotopic (exact) mass is 326 g/mol. The molecule has 3 aromatic rings. The quantitative estimate of drug-likeness (QED) is 0.637. The molecule has 0 radical (unpaired) electrons. The molecule has 0 aliphatic heterocycles. The third kappa shape index (κ3) is 2.77. The van der Waals surface area contributed by atoms with Gasteiger partial charge in [0.05, 0.1) is 0 Å². The second-order valence-corrected chi connectivity index (χ2v) is 5.70. The highest BCUT2D eigenvalue weighted by atomic mass is 35.5. The van der Waals surface area contributed by atoms with Crippen LogP contribution in [0.15, 0.2) is 72.8 Å². The molecule has 3 aromatic carbocycles. The minimum atomic E-state index is -1.60. The summed E-state index contributed by atoms with van der Waals surface area (Å²) in [4.78, 5) is 0. The number of hydrogen-bond donors (Lipinski definition) is 3. The molecule has 23 heavy (non-hydrogen) atoms. The Balaban J connectivity index is 2.32. The van der Waals surface area contributed by atoms with Gasteiger partial charge in [0.1, 0.15) is 17.1 Å². The molecule has 0 aliphatic carbocycles. The maximum atomic E-state index is 11.5. The van der Waals surface area contributed by atoms with Gasteiger partial charge in [-0.3, -0.25) is 0 Å². The van der Waals surface area contributed by atoms with Crippen LogP contribution >= 0.6 is 11.6 Å². The topological polar surface area (TPSA) is 60.7 Å². The summed E-state index contributed by atoms with van der Waals surface area (Å²) < 4.78 is 0. The van der Waals surface area contributed by atoms with Crippen LogP contribution in [0.1, 0.15) is 16.7 Å². The summed E-state index contributed by atoms with van der Waals surface area (Å²) in [5.74, 6) is 0.0706. The summed E-state index contributed by atoms with van der Waals surface area (Å²) in [7, 11) is 0. The molecule has 116 valence electrons. The van der Waals surface area contributed by atoms with Gasteiger partial charge < -0.3 is 15.3 Å². The van der Waals surface area contributed by atoms with Crippen LogP contribution in [0, 0.1) is 0 Å². The number of phenolic OH excluding ortho intramolecular Hbond substituents is 2. The van der Waals surface area contributed by atoms with Gasteiger partial charge in [0.15, 0.2) is 0 Å². The van der Waals surface area contributed by atoms with E-state index in [1.165, 1.54) is 24.3 Å². The van der Waals surface area contributed by atoms with Gasteiger partial charge in [-0.1, -0.05) is 54.1 Å². The van der Waals surface area contributed by atoms with Crippen molar-refractivity contribution >= 4 is 11.6 Å². The molecule has 0 unspecified atom stereocenters. The first-order chi connectivity index (χ1) is 11.0. The maximum absolute atomic E-state index is 11.5. The van der Waals surface area contributed by atoms with E-state index in [2.05, 4.69) is 0 Å². The molecule has 0 saturated heterocycles. The molecule has 0 amide bonds. The van der Waals surface area contributed by atoms with Crippen molar-refractivity contribution in [3.63, 3.8) is 0 Å². The number of phenols is 2. The Morgan fingerprint density at radius 1 is 0.696 bits per heavy atom. The molecule has 3 rings (SSSR count). The highest BCUT2D eigenvalue weighted by Gasteiger charge is 2.36. The highest BCUT2D eigenvalue weighted by molar-refractivity contribution is 6.31. The first kappa shape index (κ1) is 15.4. The van der Waals surface area contributed by atoms with Gasteiger partial charge in [-0.15, -0.1) is 0 Å². The van der Waals surface area contributed by atoms with E-state index in [1.54, 1.807) is 48.5 Å². The zero-order valence-corrected chi connectivity index (χ0v) is 12.9. The lowest BCUT2D eigenvalue weighted by atomic mass is 9.80. The van der Waals surface area contributed by atoms with Gasteiger partial charge >= 0.3 is 0 Å². The average Bonchev–Trinajstić information content (AvgIpc) is 2.54. The van der Waals surface area contributed by atoms with Crippen LogP contribution in [-0.2, 0) is 5.60 Å². The predicted molar refractivity (Wildman–Crippen MR) is 89.8 cm³/mol. The first-order valence-electron chi connectivity index (χ1n) is 7.08. The predicted octanol–water partition coefficient (Wildman–Crippen LogP) is 4.04. The van der Waals surface area contributed by atoms with Crippen LogP contribution in [0.25, 0.3) is 0 Å². The minimum Gasteiger partial charge on any atom is -0.508 e.